The minimum atomic E-state index is -1.87. The molecule has 2 aromatic carbocycles. The van der Waals surface area contributed by atoms with Gasteiger partial charge in [-0.2, -0.15) is 0 Å². The van der Waals surface area contributed by atoms with Gasteiger partial charge in [0.1, 0.15) is 36.3 Å². The van der Waals surface area contributed by atoms with E-state index >= 15 is 0 Å². The summed E-state index contributed by atoms with van der Waals surface area (Å²) in [6.07, 6.45) is -7.00. The predicted molar refractivity (Wildman–Crippen MR) is 124 cm³/mol. The molecule has 0 spiro atoms. The molecular formula is C25H27FO7S. The Bertz CT molecular complexity index is 1130. The highest BCUT2D eigenvalue weighted by atomic mass is 32.1. The van der Waals surface area contributed by atoms with Gasteiger partial charge in [0.25, 0.3) is 0 Å². The largest absolute Gasteiger partial charge is 0.394 e. The predicted octanol–water partition coefficient (Wildman–Crippen LogP) is 2.22. The first-order valence-electron chi connectivity index (χ1n) is 10.7. The van der Waals surface area contributed by atoms with Crippen LogP contribution in [0.25, 0.3) is 10.4 Å². The minimum Gasteiger partial charge on any atom is -0.394 e. The fraction of sp³-hybridized carbons (Fsp3) is 0.360. The van der Waals surface area contributed by atoms with Crippen molar-refractivity contribution in [3.63, 3.8) is 0 Å². The van der Waals surface area contributed by atoms with Crippen molar-refractivity contribution in [1.82, 2.24) is 0 Å². The molecule has 0 aliphatic carbocycles. The number of aliphatic hydroxyl groups excluding tert-OH is 5. The zero-order valence-electron chi connectivity index (χ0n) is 18.6. The number of aliphatic hydroxyl groups is 5. The van der Waals surface area contributed by atoms with E-state index in [2.05, 4.69) is 0 Å². The second-order valence-electron chi connectivity index (χ2n) is 8.32. The Morgan fingerprint density at radius 1 is 1.06 bits per heavy atom. The van der Waals surface area contributed by atoms with Gasteiger partial charge in [-0.1, -0.05) is 24.3 Å². The molecule has 7 nitrogen and oxygen atoms in total. The van der Waals surface area contributed by atoms with Crippen LogP contribution in [0.5, 0.6) is 0 Å². The van der Waals surface area contributed by atoms with Gasteiger partial charge in [-0.05, 0) is 53.9 Å². The van der Waals surface area contributed by atoms with Crippen molar-refractivity contribution in [2.45, 2.75) is 43.2 Å². The number of ether oxygens (including phenoxy) is 2. The van der Waals surface area contributed by atoms with Crippen LogP contribution in [0.2, 0.25) is 0 Å². The molecule has 0 radical (unpaired) electrons. The van der Waals surface area contributed by atoms with E-state index in [-0.39, 0.29) is 5.82 Å². The highest BCUT2D eigenvalue weighted by Crippen LogP contribution is 2.42. The first kappa shape index (κ1) is 24.9. The summed E-state index contributed by atoms with van der Waals surface area (Å²) in [7, 11) is 1.28. The monoisotopic (exact) mass is 490 g/mol. The minimum absolute atomic E-state index is 0.307. The SMILES string of the molecule is COC1(c2ccc(C)c(C(O)c3ccc(-c4ccc(F)cc4)s3)c2)OC(CO)[C@@H](O)C(O)[C@H]1O. The number of methoxy groups -OCH3 is 1. The van der Waals surface area contributed by atoms with Crippen molar-refractivity contribution in [3.8, 4) is 10.4 Å². The quantitative estimate of drug-likeness (QED) is 0.359. The van der Waals surface area contributed by atoms with Gasteiger partial charge in [0.2, 0.25) is 5.79 Å². The van der Waals surface area contributed by atoms with Gasteiger partial charge in [-0.15, -0.1) is 11.3 Å². The van der Waals surface area contributed by atoms with E-state index in [0.29, 0.717) is 16.0 Å². The van der Waals surface area contributed by atoms with Gasteiger partial charge in [0.15, 0.2) is 0 Å². The van der Waals surface area contributed by atoms with Crippen molar-refractivity contribution < 1.29 is 39.4 Å². The molecule has 0 bridgehead atoms. The molecule has 182 valence electrons. The van der Waals surface area contributed by atoms with Crippen molar-refractivity contribution in [1.29, 1.82) is 0 Å². The summed E-state index contributed by atoms with van der Waals surface area (Å²) < 4.78 is 24.5. The molecule has 3 aromatic rings. The van der Waals surface area contributed by atoms with Crippen molar-refractivity contribution in [2.24, 2.45) is 0 Å². The summed E-state index contributed by atoms with van der Waals surface area (Å²) >= 11 is 1.36. The van der Waals surface area contributed by atoms with Crippen molar-refractivity contribution in [3.05, 3.63) is 82.0 Å². The Balaban J connectivity index is 1.70. The number of rotatable bonds is 6. The van der Waals surface area contributed by atoms with E-state index in [4.69, 9.17) is 9.47 Å². The molecular weight excluding hydrogens is 463 g/mol. The molecule has 1 aliphatic heterocycles. The normalized spacial score (nSPS) is 28.1. The zero-order chi connectivity index (χ0) is 24.6. The Morgan fingerprint density at radius 3 is 2.41 bits per heavy atom. The number of halogens is 1. The van der Waals surface area contributed by atoms with E-state index in [0.717, 1.165) is 16.0 Å². The number of benzene rings is 2. The van der Waals surface area contributed by atoms with Gasteiger partial charge in [-0.25, -0.2) is 4.39 Å². The average molecular weight is 491 g/mol. The third-order valence-electron chi connectivity index (χ3n) is 6.25. The number of hydrogen-bond acceptors (Lipinski definition) is 8. The molecule has 1 aliphatic rings. The highest BCUT2D eigenvalue weighted by molar-refractivity contribution is 7.15. The third kappa shape index (κ3) is 4.30. The number of hydrogen-bond donors (Lipinski definition) is 5. The van der Waals surface area contributed by atoms with Crippen LogP contribution in [0, 0.1) is 12.7 Å². The Kier molecular flexibility index (Phi) is 7.18. The molecule has 6 atom stereocenters. The topological polar surface area (TPSA) is 120 Å². The second kappa shape index (κ2) is 9.80. The molecule has 0 saturated carbocycles. The fourth-order valence-electron chi connectivity index (χ4n) is 4.24. The van der Waals surface area contributed by atoms with E-state index < -0.39 is 42.9 Å². The maximum Gasteiger partial charge on any atom is 0.224 e. The van der Waals surface area contributed by atoms with Crippen LogP contribution in [-0.4, -0.2) is 63.7 Å². The molecule has 1 saturated heterocycles. The van der Waals surface area contributed by atoms with Crippen LogP contribution >= 0.6 is 11.3 Å². The Morgan fingerprint density at radius 2 is 1.76 bits per heavy atom. The number of thiophene rings is 1. The van der Waals surface area contributed by atoms with E-state index in [1.165, 1.54) is 30.6 Å². The standard InChI is InChI=1S/C25H27FO7S/c1-13-3-6-15(25(32-2)24(31)23(30)22(29)18(12-27)33-25)11-17(13)21(28)20-10-9-19(34-20)14-4-7-16(26)8-5-14/h3-11,18,21-24,27-31H,12H2,1-2H3/t18?,21?,22-,23?,24-,25?/m1/s1. The van der Waals surface area contributed by atoms with Crippen LogP contribution in [0.1, 0.15) is 27.7 Å². The lowest BCUT2D eigenvalue weighted by atomic mass is 9.86. The van der Waals surface area contributed by atoms with Gasteiger partial charge >= 0.3 is 0 Å². The van der Waals surface area contributed by atoms with E-state index in [1.807, 2.05) is 13.0 Å². The average Bonchev–Trinajstić information content (AvgIpc) is 3.34. The lowest BCUT2D eigenvalue weighted by molar-refractivity contribution is -0.366. The first-order valence-corrected chi connectivity index (χ1v) is 11.6. The van der Waals surface area contributed by atoms with Crippen LogP contribution in [0.4, 0.5) is 4.39 Å². The Hall–Kier alpha value is -2.21. The second-order valence-corrected chi connectivity index (χ2v) is 9.43. The van der Waals surface area contributed by atoms with Gasteiger partial charge in [-0.3, -0.25) is 0 Å². The maximum atomic E-state index is 13.3. The summed E-state index contributed by atoms with van der Waals surface area (Å²) in [5, 5.41) is 52.0. The molecule has 2 heterocycles. The summed E-state index contributed by atoms with van der Waals surface area (Å²) in [6.45, 7) is 1.22. The van der Waals surface area contributed by atoms with E-state index in [1.54, 1.807) is 36.4 Å². The van der Waals surface area contributed by atoms with Crippen LogP contribution in [0.3, 0.4) is 0 Å². The molecule has 34 heavy (non-hydrogen) atoms. The highest BCUT2D eigenvalue weighted by Gasteiger charge is 2.55. The van der Waals surface area contributed by atoms with Crippen molar-refractivity contribution in [2.75, 3.05) is 13.7 Å². The van der Waals surface area contributed by atoms with Crippen LogP contribution < -0.4 is 0 Å². The van der Waals surface area contributed by atoms with Gasteiger partial charge in [0, 0.05) is 22.4 Å². The maximum absolute atomic E-state index is 13.3. The zero-order valence-corrected chi connectivity index (χ0v) is 19.4. The summed E-state index contributed by atoms with van der Waals surface area (Å²) in [5.74, 6) is -2.20. The smallest absolute Gasteiger partial charge is 0.224 e. The molecule has 4 rings (SSSR count). The molecule has 4 unspecified atom stereocenters. The first-order chi connectivity index (χ1) is 16.2. The molecule has 5 N–H and O–H groups in total. The summed E-state index contributed by atoms with van der Waals surface area (Å²) in [4.78, 5) is 1.52. The van der Waals surface area contributed by atoms with Crippen molar-refractivity contribution >= 4 is 11.3 Å². The fourth-order valence-corrected chi connectivity index (χ4v) is 5.26. The van der Waals surface area contributed by atoms with Crippen LogP contribution in [0.15, 0.2) is 54.6 Å². The summed E-state index contributed by atoms with van der Waals surface area (Å²) in [6, 6.07) is 14.7. The molecule has 1 fully saturated rings. The lowest BCUT2D eigenvalue weighted by Crippen LogP contribution is -2.64. The Labute approximate surface area is 200 Å². The number of aryl methyl sites for hydroxylation is 1. The molecule has 9 heteroatoms. The van der Waals surface area contributed by atoms with Gasteiger partial charge < -0.3 is 35.0 Å². The van der Waals surface area contributed by atoms with Crippen LogP contribution in [-0.2, 0) is 15.3 Å². The molecule has 1 aromatic heterocycles. The van der Waals surface area contributed by atoms with E-state index in [9.17, 15) is 29.9 Å². The van der Waals surface area contributed by atoms with Gasteiger partial charge in [0.05, 0.1) is 6.61 Å². The summed E-state index contributed by atoms with van der Waals surface area (Å²) in [5.41, 5.74) is 2.43. The lowest BCUT2D eigenvalue weighted by Gasteiger charge is -2.47. The third-order valence-corrected chi connectivity index (χ3v) is 7.44. The molecule has 0 amide bonds.